The highest BCUT2D eigenvalue weighted by Crippen LogP contribution is 2.28. The molecule has 0 aliphatic rings. The average molecular weight is 482 g/mol. The molecule has 0 aliphatic heterocycles. The SMILES string of the molecule is Cc1nc(COc2nc(C)n(-c3cc(-c4ccnc(C(C)(C)O)n4)ccc3Cl)c(=O)c2C)co1. The molecule has 34 heavy (non-hydrogen) atoms. The van der Waals surface area contributed by atoms with E-state index in [2.05, 4.69) is 19.9 Å². The van der Waals surface area contributed by atoms with Crippen LogP contribution < -0.4 is 10.3 Å². The molecular weight excluding hydrogens is 458 g/mol. The van der Waals surface area contributed by atoms with Crippen molar-refractivity contribution in [3.63, 3.8) is 0 Å². The Morgan fingerprint density at radius 1 is 1.15 bits per heavy atom. The van der Waals surface area contributed by atoms with Crippen molar-refractivity contribution in [1.82, 2.24) is 24.5 Å². The Morgan fingerprint density at radius 2 is 1.91 bits per heavy atom. The van der Waals surface area contributed by atoms with Gasteiger partial charge in [-0.3, -0.25) is 9.36 Å². The molecular formula is C24H24ClN5O4. The Kier molecular flexibility index (Phi) is 6.24. The normalized spacial score (nSPS) is 11.6. The van der Waals surface area contributed by atoms with Crippen LogP contribution in [-0.4, -0.2) is 29.6 Å². The second-order valence-electron chi connectivity index (χ2n) is 8.37. The van der Waals surface area contributed by atoms with Crippen molar-refractivity contribution < 1.29 is 14.3 Å². The molecule has 3 aromatic heterocycles. The van der Waals surface area contributed by atoms with E-state index in [1.165, 1.54) is 10.8 Å². The maximum Gasteiger partial charge on any atom is 0.264 e. The zero-order valence-electron chi connectivity index (χ0n) is 19.5. The summed E-state index contributed by atoms with van der Waals surface area (Å²) in [6.45, 7) is 8.44. The second kappa shape index (κ2) is 9.00. The molecule has 1 N–H and O–H groups in total. The van der Waals surface area contributed by atoms with Gasteiger partial charge in [0.2, 0.25) is 5.88 Å². The quantitative estimate of drug-likeness (QED) is 0.438. The van der Waals surface area contributed by atoms with E-state index in [-0.39, 0.29) is 23.9 Å². The molecule has 0 atom stereocenters. The second-order valence-corrected chi connectivity index (χ2v) is 8.77. The van der Waals surface area contributed by atoms with E-state index < -0.39 is 5.60 Å². The third-order valence-corrected chi connectivity index (χ3v) is 5.46. The van der Waals surface area contributed by atoms with Crippen LogP contribution in [-0.2, 0) is 12.2 Å². The van der Waals surface area contributed by atoms with Crippen LogP contribution in [0.5, 0.6) is 5.88 Å². The number of oxazole rings is 1. The third-order valence-electron chi connectivity index (χ3n) is 5.14. The zero-order chi connectivity index (χ0) is 24.6. The van der Waals surface area contributed by atoms with Gasteiger partial charge in [-0.1, -0.05) is 17.7 Å². The highest BCUT2D eigenvalue weighted by Gasteiger charge is 2.21. The monoisotopic (exact) mass is 481 g/mol. The molecule has 1 aromatic carbocycles. The highest BCUT2D eigenvalue weighted by atomic mass is 35.5. The number of benzene rings is 1. The van der Waals surface area contributed by atoms with Gasteiger partial charge in [0.05, 0.1) is 22.0 Å². The first-order chi connectivity index (χ1) is 16.0. The minimum atomic E-state index is -1.19. The van der Waals surface area contributed by atoms with Gasteiger partial charge in [0.15, 0.2) is 11.7 Å². The molecule has 10 heteroatoms. The predicted octanol–water partition coefficient (Wildman–Crippen LogP) is 4.06. The number of aryl methyl sites for hydroxylation is 2. The molecule has 0 amide bonds. The van der Waals surface area contributed by atoms with Crippen LogP contribution in [0.4, 0.5) is 0 Å². The first kappa shape index (κ1) is 23.6. The van der Waals surface area contributed by atoms with E-state index in [4.69, 9.17) is 20.8 Å². The molecule has 9 nitrogen and oxygen atoms in total. The van der Waals surface area contributed by atoms with Crippen LogP contribution in [0.2, 0.25) is 5.02 Å². The zero-order valence-corrected chi connectivity index (χ0v) is 20.2. The fraction of sp³-hybridized carbons (Fsp3) is 0.292. The molecule has 0 spiro atoms. The van der Waals surface area contributed by atoms with Gasteiger partial charge in [0.1, 0.15) is 30.0 Å². The van der Waals surface area contributed by atoms with Crippen molar-refractivity contribution in [2.75, 3.05) is 0 Å². The largest absolute Gasteiger partial charge is 0.471 e. The van der Waals surface area contributed by atoms with Gasteiger partial charge in [-0.25, -0.2) is 15.0 Å². The van der Waals surface area contributed by atoms with Gasteiger partial charge in [0.25, 0.3) is 5.56 Å². The lowest BCUT2D eigenvalue weighted by Gasteiger charge is -2.17. The number of aromatic nitrogens is 5. The van der Waals surface area contributed by atoms with Crippen molar-refractivity contribution in [2.24, 2.45) is 0 Å². The predicted molar refractivity (Wildman–Crippen MR) is 126 cm³/mol. The molecule has 0 saturated heterocycles. The summed E-state index contributed by atoms with van der Waals surface area (Å²) < 4.78 is 12.4. The van der Waals surface area contributed by atoms with Crippen LogP contribution in [0.15, 0.2) is 45.9 Å². The maximum absolute atomic E-state index is 13.3. The summed E-state index contributed by atoms with van der Waals surface area (Å²) in [5.74, 6) is 1.44. The molecule has 0 saturated carbocycles. The van der Waals surface area contributed by atoms with Gasteiger partial charge < -0.3 is 14.3 Å². The maximum atomic E-state index is 13.3. The molecule has 4 rings (SSSR count). The number of hydrogen-bond acceptors (Lipinski definition) is 8. The molecule has 0 unspecified atom stereocenters. The number of rotatable bonds is 6. The van der Waals surface area contributed by atoms with Crippen molar-refractivity contribution in [1.29, 1.82) is 0 Å². The Hall–Kier alpha value is -3.56. The van der Waals surface area contributed by atoms with E-state index in [0.29, 0.717) is 44.9 Å². The summed E-state index contributed by atoms with van der Waals surface area (Å²) >= 11 is 6.49. The van der Waals surface area contributed by atoms with Crippen LogP contribution in [0, 0.1) is 20.8 Å². The first-order valence-corrected chi connectivity index (χ1v) is 10.9. The summed E-state index contributed by atoms with van der Waals surface area (Å²) in [6, 6.07) is 6.97. The van der Waals surface area contributed by atoms with E-state index in [1.54, 1.807) is 65.1 Å². The number of nitrogens with zero attached hydrogens (tertiary/aromatic N) is 5. The van der Waals surface area contributed by atoms with E-state index in [0.717, 1.165) is 0 Å². The summed E-state index contributed by atoms with van der Waals surface area (Å²) in [6.07, 6.45) is 3.08. The van der Waals surface area contributed by atoms with E-state index >= 15 is 0 Å². The number of halogens is 1. The molecule has 3 heterocycles. The van der Waals surface area contributed by atoms with Crippen molar-refractivity contribution in [3.8, 4) is 22.8 Å². The molecule has 0 aliphatic carbocycles. The smallest absolute Gasteiger partial charge is 0.264 e. The molecule has 0 fully saturated rings. The van der Waals surface area contributed by atoms with Gasteiger partial charge in [-0.15, -0.1) is 0 Å². The molecule has 176 valence electrons. The van der Waals surface area contributed by atoms with E-state index in [1.807, 2.05) is 0 Å². The van der Waals surface area contributed by atoms with Crippen molar-refractivity contribution >= 4 is 11.6 Å². The summed E-state index contributed by atoms with van der Waals surface area (Å²) in [4.78, 5) is 30.6. The van der Waals surface area contributed by atoms with Gasteiger partial charge in [0, 0.05) is 18.7 Å². The Balaban J connectivity index is 1.73. The Labute approximate surface area is 201 Å². The third kappa shape index (κ3) is 4.71. The van der Waals surface area contributed by atoms with E-state index in [9.17, 15) is 9.90 Å². The first-order valence-electron chi connectivity index (χ1n) is 10.5. The van der Waals surface area contributed by atoms with Crippen LogP contribution in [0.3, 0.4) is 0 Å². The fourth-order valence-electron chi connectivity index (χ4n) is 3.39. The van der Waals surface area contributed by atoms with Gasteiger partial charge >= 0.3 is 0 Å². The minimum Gasteiger partial charge on any atom is -0.471 e. The summed E-state index contributed by atoms with van der Waals surface area (Å²) in [5.41, 5.74) is 1.18. The number of aliphatic hydroxyl groups is 1. The van der Waals surface area contributed by atoms with Crippen molar-refractivity contribution in [2.45, 2.75) is 46.8 Å². The summed E-state index contributed by atoms with van der Waals surface area (Å²) in [5, 5.41) is 10.6. The number of ether oxygens (including phenoxy) is 1. The lowest BCUT2D eigenvalue weighted by Crippen LogP contribution is -2.25. The Morgan fingerprint density at radius 3 is 2.59 bits per heavy atom. The van der Waals surface area contributed by atoms with Crippen LogP contribution >= 0.6 is 11.6 Å². The standard InChI is InChI=1S/C24H24ClN5O4/c1-13-21(34-12-17-11-33-15(3)28-17)27-14(2)30(22(13)31)20-10-16(6-7-18(20)25)19-8-9-26-23(29-19)24(4,5)32/h6-11,32H,12H2,1-5H3. The van der Waals surface area contributed by atoms with Crippen LogP contribution in [0.25, 0.3) is 16.9 Å². The average Bonchev–Trinajstić information content (AvgIpc) is 3.21. The fourth-order valence-corrected chi connectivity index (χ4v) is 3.59. The van der Waals surface area contributed by atoms with Gasteiger partial charge in [-0.05, 0) is 45.9 Å². The topological polar surface area (TPSA) is 116 Å². The van der Waals surface area contributed by atoms with Crippen molar-refractivity contribution in [3.05, 3.63) is 80.9 Å². The molecule has 0 bridgehead atoms. The number of hydrogen-bond donors (Lipinski definition) is 1. The minimum absolute atomic E-state index is 0.127. The van der Waals surface area contributed by atoms with Crippen LogP contribution in [0.1, 0.15) is 42.6 Å². The lowest BCUT2D eigenvalue weighted by molar-refractivity contribution is 0.0688. The highest BCUT2D eigenvalue weighted by molar-refractivity contribution is 6.32. The summed E-state index contributed by atoms with van der Waals surface area (Å²) in [7, 11) is 0. The van der Waals surface area contributed by atoms with Gasteiger partial charge in [-0.2, -0.15) is 4.98 Å². The lowest BCUT2D eigenvalue weighted by atomic mass is 10.1. The molecule has 0 radical (unpaired) electrons. The molecule has 4 aromatic rings. The Bertz CT molecular complexity index is 1420.